The summed E-state index contributed by atoms with van der Waals surface area (Å²) in [6.45, 7) is 0.0245. The van der Waals surface area contributed by atoms with Gasteiger partial charge in [-0.15, -0.1) is 0 Å². The summed E-state index contributed by atoms with van der Waals surface area (Å²) in [7, 11) is 0. The van der Waals surface area contributed by atoms with Crippen molar-refractivity contribution < 1.29 is 13.9 Å². The molecule has 2 aromatic carbocycles. The topological polar surface area (TPSA) is 26.3 Å². The third-order valence-electron chi connectivity index (χ3n) is 2.42. The number of aldehydes is 1. The lowest BCUT2D eigenvalue weighted by Gasteiger charge is -2.05. The normalized spacial score (nSPS) is 9.32. The van der Waals surface area contributed by atoms with Gasteiger partial charge in [-0.05, 0) is 24.3 Å². The smallest absolute Gasteiger partial charge is 0.166 e. The third kappa shape index (κ3) is 3.43. The number of hydrogen-bond acceptors (Lipinski definition) is 2. The van der Waals surface area contributed by atoms with Crippen molar-refractivity contribution in [2.75, 3.05) is 6.61 Å². The molecule has 94 valence electrons. The predicted molar refractivity (Wildman–Crippen MR) is 70.6 cm³/mol. The summed E-state index contributed by atoms with van der Waals surface area (Å²) in [5.41, 5.74) is 1.04. The van der Waals surface area contributed by atoms with E-state index in [4.69, 9.17) is 4.74 Å². The Hall–Kier alpha value is -2.60. The van der Waals surface area contributed by atoms with Crippen LogP contribution in [-0.2, 0) is 0 Å². The summed E-state index contributed by atoms with van der Waals surface area (Å²) < 4.78 is 18.7. The summed E-state index contributed by atoms with van der Waals surface area (Å²) in [6, 6.07) is 13.6. The zero-order valence-electron chi connectivity index (χ0n) is 10.1. The maximum absolute atomic E-state index is 13.5. The maximum Gasteiger partial charge on any atom is 0.166 e. The van der Waals surface area contributed by atoms with Crippen molar-refractivity contribution >= 4 is 6.29 Å². The fraction of sp³-hybridized carbons (Fsp3) is 0.0625. The quantitative estimate of drug-likeness (QED) is 0.621. The van der Waals surface area contributed by atoms with Crippen molar-refractivity contribution in [2.45, 2.75) is 0 Å². The molecule has 0 spiro atoms. The van der Waals surface area contributed by atoms with Crippen LogP contribution in [0, 0.1) is 17.7 Å². The summed E-state index contributed by atoms with van der Waals surface area (Å²) in [6.07, 6.45) is 0.559. The Morgan fingerprint density at radius 3 is 2.63 bits per heavy atom. The van der Waals surface area contributed by atoms with Crippen molar-refractivity contribution in [3.05, 3.63) is 65.5 Å². The fourth-order valence-electron chi connectivity index (χ4n) is 1.54. The molecule has 0 radical (unpaired) electrons. The molecule has 2 aromatic rings. The Bertz CT molecular complexity index is 624. The van der Waals surface area contributed by atoms with Gasteiger partial charge in [0.25, 0.3) is 0 Å². The lowest BCUT2D eigenvalue weighted by atomic mass is 10.2. The van der Waals surface area contributed by atoms with Crippen LogP contribution in [0.2, 0.25) is 0 Å². The fourth-order valence-corrected chi connectivity index (χ4v) is 1.54. The maximum atomic E-state index is 13.5. The van der Waals surface area contributed by atoms with Crippen molar-refractivity contribution in [3.8, 4) is 17.6 Å². The van der Waals surface area contributed by atoms with E-state index < -0.39 is 5.82 Å². The van der Waals surface area contributed by atoms with E-state index in [1.165, 1.54) is 18.2 Å². The molecule has 19 heavy (non-hydrogen) atoms. The molecule has 0 heterocycles. The minimum absolute atomic E-state index is 0.0245. The highest BCUT2D eigenvalue weighted by atomic mass is 19.1. The van der Waals surface area contributed by atoms with Gasteiger partial charge in [0.1, 0.15) is 6.61 Å². The molecule has 0 amide bonds. The lowest BCUT2D eigenvalue weighted by molar-refractivity contribution is 0.111. The van der Waals surface area contributed by atoms with Gasteiger partial charge >= 0.3 is 0 Å². The lowest BCUT2D eigenvalue weighted by Crippen LogP contribution is -2.00. The first-order chi connectivity index (χ1) is 9.31. The van der Waals surface area contributed by atoms with Crippen LogP contribution in [0.15, 0.2) is 48.5 Å². The number of para-hydroxylation sites is 1. The molecule has 0 aliphatic rings. The first-order valence-corrected chi connectivity index (χ1v) is 5.71. The molecule has 0 N–H and O–H groups in total. The van der Waals surface area contributed by atoms with E-state index >= 15 is 0 Å². The molecule has 0 fully saturated rings. The largest absolute Gasteiger partial charge is 0.477 e. The Balaban J connectivity index is 2.04. The highest BCUT2D eigenvalue weighted by Crippen LogP contribution is 2.20. The number of ether oxygens (including phenoxy) is 1. The van der Waals surface area contributed by atoms with Gasteiger partial charge in [0, 0.05) is 5.56 Å². The van der Waals surface area contributed by atoms with Gasteiger partial charge in [-0.1, -0.05) is 36.1 Å². The molecule has 0 aliphatic carbocycles. The molecule has 0 bridgehead atoms. The van der Waals surface area contributed by atoms with E-state index in [9.17, 15) is 9.18 Å². The second kappa shape index (κ2) is 6.36. The summed E-state index contributed by atoms with van der Waals surface area (Å²) in [4.78, 5) is 10.8. The van der Waals surface area contributed by atoms with Crippen LogP contribution in [-0.4, -0.2) is 12.9 Å². The van der Waals surface area contributed by atoms with Crippen molar-refractivity contribution in [1.82, 2.24) is 0 Å². The first-order valence-electron chi connectivity index (χ1n) is 5.71. The van der Waals surface area contributed by atoms with Crippen LogP contribution in [0.1, 0.15) is 15.9 Å². The van der Waals surface area contributed by atoms with Gasteiger partial charge in [-0.25, -0.2) is 4.39 Å². The van der Waals surface area contributed by atoms with Crippen LogP contribution in [0.3, 0.4) is 0 Å². The van der Waals surface area contributed by atoms with E-state index in [2.05, 4.69) is 11.8 Å². The van der Waals surface area contributed by atoms with Crippen LogP contribution >= 0.6 is 0 Å². The van der Waals surface area contributed by atoms with E-state index in [1.807, 2.05) is 30.3 Å². The molecule has 0 saturated carbocycles. The second-order valence-electron chi connectivity index (χ2n) is 3.73. The van der Waals surface area contributed by atoms with Crippen molar-refractivity contribution in [3.63, 3.8) is 0 Å². The van der Waals surface area contributed by atoms with Crippen LogP contribution in [0.25, 0.3) is 0 Å². The summed E-state index contributed by atoms with van der Waals surface area (Å²) in [5.74, 6) is 5.04. The monoisotopic (exact) mass is 254 g/mol. The summed E-state index contributed by atoms with van der Waals surface area (Å²) in [5, 5.41) is 0. The standard InChI is InChI=1S/C16H11FO2/c17-15-10-4-9-14(12-18)16(15)19-11-5-8-13-6-2-1-3-7-13/h1-4,6-7,9-10,12H,11H2. The van der Waals surface area contributed by atoms with Crippen molar-refractivity contribution in [1.29, 1.82) is 0 Å². The van der Waals surface area contributed by atoms with E-state index in [0.29, 0.717) is 6.29 Å². The van der Waals surface area contributed by atoms with Gasteiger partial charge in [0.2, 0.25) is 0 Å². The molecule has 2 rings (SSSR count). The van der Waals surface area contributed by atoms with E-state index in [1.54, 1.807) is 0 Å². The molecular weight excluding hydrogens is 243 g/mol. The zero-order chi connectivity index (χ0) is 13.5. The average molecular weight is 254 g/mol. The SMILES string of the molecule is O=Cc1cccc(F)c1OCC#Cc1ccccc1. The predicted octanol–water partition coefficient (Wildman–Crippen LogP) is 3.07. The van der Waals surface area contributed by atoms with E-state index in [0.717, 1.165) is 5.56 Å². The van der Waals surface area contributed by atoms with Gasteiger partial charge in [0.15, 0.2) is 17.9 Å². The van der Waals surface area contributed by atoms with Crippen LogP contribution in [0.4, 0.5) is 4.39 Å². The first kappa shape index (κ1) is 12.8. The van der Waals surface area contributed by atoms with Crippen LogP contribution in [0.5, 0.6) is 5.75 Å². The zero-order valence-corrected chi connectivity index (χ0v) is 10.1. The Labute approximate surface area is 110 Å². The number of carbonyl (C=O) groups is 1. The number of rotatable bonds is 3. The third-order valence-corrected chi connectivity index (χ3v) is 2.42. The van der Waals surface area contributed by atoms with Gasteiger partial charge in [0.05, 0.1) is 5.56 Å². The highest BCUT2D eigenvalue weighted by molar-refractivity contribution is 5.79. The molecule has 3 heteroatoms. The number of benzene rings is 2. The average Bonchev–Trinajstić information content (AvgIpc) is 2.46. The molecule has 0 aliphatic heterocycles. The number of hydrogen-bond donors (Lipinski definition) is 0. The highest BCUT2D eigenvalue weighted by Gasteiger charge is 2.07. The van der Waals surface area contributed by atoms with Crippen molar-refractivity contribution in [2.24, 2.45) is 0 Å². The Morgan fingerprint density at radius 2 is 1.89 bits per heavy atom. The molecule has 0 atom stereocenters. The van der Waals surface area contributed by atoms with Gasteiger partial charge in [-0.2, -0.15) is 0 Å². The molecular formula is C16H11FO2. The molecule has 2 nitrogen and oxygen atoms in total. The Kier molecular flexibility index (Phi) is 4.30. The second-order valence-corrected chi connectivity index (χ2v) is 3.73. The summed E-state index contributed by atoms with van der Waals surface area (Å²) >= 11 is 0. The minimum atomic E-state index is -0.564. The Morgan fingerprint density at radius 1 is 1.11 bits per heavy atom. The van der Waals surface area contributed by atoms with E-state index in [-0.39, 0.29) is 17.9 Å². The molecule has 0 aromatic heterocycles. The number of halogens is 1. The number of carbonyl (C=O) groups excluding carboxylic acids is 1. The molecule has 0 saturated heterocycles. The van der Waals surface area contributed by atoms with Gasteiger partial charge in [-0.3, -0.25) is 4.79 Å². The van der Waals surface area contributed by atoms with Gasteiger partial charge < -0.3 is 4.74 Å². The van der Waals surface area contributed by atoms with Crippen LogP contribution < -0.4 is 4.74 Å². The minimum Gasteiger partial charge on any atom is -0.477 e. The molecule has 0 unspecified atom stereocenters.